The summed E-state index contributed by atoms with van der Waals surface area (Å²) in [6.07, 6.45) is 3.47. The number of halogens is 1. The van der Waals surface area contributed by atoms with Crippen molar-refractivity contribution >= 4 is 23.4 Å². The smallest absolute Gasteiger partial charge is 0.229 e. The van der Waals surface area contributed by atoms with Crippen LogP contribution in [0.3, 0.4) is 0 Å². The molecule has 34 heavy (non-hydrogen) atoms. The largest absolute Gasteiger partial charge is 0.492 e. The maximum absolute atomic E-state index is 13.5. The van der Waals surface area contributed by atoms with E-state index in [1.54, 1.807) is 24.4 Å². The molecule has 0 spiro atoms. The highest BCUT2D eigenvalue weighted by atomic mass is 19.1. The molecular weight excluding hydrogens is 437 g/mol. The van der Waals surface area contributed by atoms with Crippen molar-refractivity contribution in [2.24, 2.45) is 4.99 Å². The van der Waals surface area contributed by atoms with E-state index in [0.717, 1.165) is 31.1 Å². The predicted molar refractivity (Wildman–Crippen MR) is 126 cm³/mol. The van der Waals surface area contributed by atoms with Gasteiger partial charge >= 0.3 is 0 Å². The van der Waals surface area contributed by atoms with Crippen molar-refractivity contribution in [2.45, 2.75) is 19.1 Å². The van der Waals surface area contributed by atoms with Crippen molar-refractivity contribution in [3.8, 4) is 5.75 Å². The summed E-state index contributed by atoms with van der Waals surface area (Å²) in [4.78, 5) is 15.5. The lowest BCUT2D eigenvalue weighted by molar-refractivity contribution is -0.0246. The number of aromatic nitrogens is 2. The van der Waals surface area contributed by atoms with E-state index in [1.807, 2.05) is 24.3 Å². The van der Waals surface area contributed by atoms with Crippen molar-refractivity contribution in [3.63, 3.8) is 0 Å². The lowest BCUT2D eigenvalue weighted by Gasteiger charge is -2.15. The number of nitrogens with one attached hydrogen (secondary N) is 1. The van der Waals surface area contributed by atoms with E-state index in [9.17, 15) is 4.39 Å². The van der Waals surface area contributed by atoms with Gasteiger partial charge in [0.15, 0.2) is 5.82 Å². The van der Waals surface area contributed by atoms with Crippen LogP contribution in [0, 0.1) is 5.82 Å². The zero-order valence-electron chi connectivity index (χ0n) is 18.7. The molecule has 0 aliphatic carbocycles. The molecular formula is C25H26FN5O3. The molecule has 176 valence electrons. The first-order valence-corrected chi connectivity index (χ1v) is 11.4. The van der Waals surface area contributed by atoms with E-state index in [1.165, 1.54) is 25.0 Å². The Morgan fingerprint density at radius 2 is 2.00 bits per heavy atom. The van der Waals surface area contributed by atoms with Crippen LogP contribution in [-0.2, 0) is 9.47 Å². The fourth-order valence-electron chi connectivity index (χ4n) is 3.91. The number of ether oxygens (including phenoxy) is 3. The summed E-state index contributed by atoms with van der Waals surface area (Å²) >= 11 is 0. The maximum Gasteiger partial charge on any atom is 0.229 e. The van der Waals surface area contributed by atoms with Crippen LogP contribution in [0.15, 0.2) is 65.8 Å². The first kappa shape index (κ1) is 22.2. The third kappa shape index (κ3) is 5.86. The summed E-state index contributed by atoms with van der Waals surface area (Å²) < 4.78 is 30.7. The van der Waals surface area contributed by atoms with E-state index >= 15 is 0 Å². The molecule has 2 fully saturated rings. The van der Waals surface area contributed by atoms with Crippen LogP contribution in [0.1, 0.15) is 24.7 Å². The van der Waals surface area contributed by atoms with E-state index in [2.05, 4.69) is 25.2 Å². The number of rotatable bonds is 8. The Labute approximate surface area is 197 Å². The van der Waals surface area contributed by atoms with Gasteiger partial charge in [-0.15, -0.1) is 0 Å². The molecule has 8 nitrogen and oxygen atoms in total. The molecule has 1 unspecified atom stereocenters. The van der Waals surface area contributed by atoms with E-state index in [4.69, 9.17) is 14.2 Å². The van der Waals surface area contributed by atoms with Gasteiger partial charge in [-0.2, -0.15) is 9.98 Å². The van der Waals surface area contributed by atoms with Gasteiger partial charge in [-0.1, -0.05) is 18.2 Å². The Hall–Kier alpha value is -3.56. The molecule has 0 saturated carbocycles. The molecule has 0 amide bonds. The third-order valence-electron chi connectivity index (χ3n) is 5.57. The zero-order chi connectivity index (χ0) is 23.2. The van der Waals surface area contributed by atoms with Gasteiger partial charge in [0.2, 0.25) is 18.1 Å². The molecule has 1 aromatic heterocycles. The Balaban J connectivity index is 1.19. The van der Waals surface area contributed by atoms with E-state index in [-0.39, 0.29) is 12.4 Å². The van der Waals surface area contributed by atoms with Crippen molar-refractivity contribution in [1.82, 2.24) is 14.9 Å². The number of hydrogen-bond acceptors (Lipinski definition) is 8. The van der Waals surface area contributed by atoms with Gasteiger partial charge in [0, 0.05) is 36.1 Å². The monoisotopic (exact) mass is 463 g/mol. The minimum Gasteiger partial charge on any atom is -0.492 e. The van der Waals surface area contributed by atoms with Crippen molar-refractivity contribution < 1.29 is 18.6 Å². The molecule has 1 N–H and O–H groups in total. The van der Waals surface area contributed by atoms with Crippen LogP contribution in [-0.4, -0.2) is 53.6 Å². The van der Waals surface area contributed by atoms with Gasteiger partial charge in [0.05, 0.1) is 0 Å². The Kier molecular flexibility index (Phi) is 6.92. The molecule has 2 aliphatic heterocycles. The fraction of sp³-hybridized carbons (Fsp3) is 0.320. The molecule has 3 heterocycles. The Bertz CT molecular complexity index is 1150. The number of aliphatic imine (C=N–C) groups is 1. The second kappa shape index (κ2) is 10.6. The molecule has 2 aromatic carbocycles. The summed E-state index contributed by atoms with van der Waals surface area (Å²) in [5.41, 5.74) is 1.41. The standard InChI is InChI=1S/C25H26FN5O3/c26-19-6-3-5-18(15-19)24-33-17-23(34-24)29-22-9-10-27-25(30-22)28-20-7-4-8-21(16-20)32-14-13-31-11-1-2-12-31/h3-10,15-16,24H,1-2,11-14,17H2,(H,27,28,30). The van der Waals surface area contributed by atoms with Gasteiger partial charge in [0.1, 0.15) is 24.8 Å². The molecule has 2 saturated heterocycles. The fourth-order valence-corrected chi connectivity index (χ4v) is 3.91. The van der Waals surface area contributed by atoms with Crippen LogP contribution >= 0.6 is 0 Å². The van der Waals surface area contributed by atoms with Crippen molar-refractivity contribution in [2.75, 3.05) is 38.2 Å². The average molecular weight is 464 g/mol. The molecule has 0 bridgehead atoms. The highest BCUT2D eigenvalue weighted by Crippen LogP contribution is 2.27. The number of benzene rings is 2. The molecule has 1 atom stereocenters. The van der Waals surface area contributed by atoms with Gasteiger partial charge in [-0.3, -0.25) is 4.90 Å². The molecule has 0 radical (unpaired) electrons. The predicted octanol–water partition coefficient (Wildman–Crippen LogP) is 4.61. The quantitative estimate of drug-likeness (QED) is 0.522. The molecule has 3 aromatic rings. The molecule has 2 aliphatic rings. The van der Waals surface area contributed by atoms with Crippen LogP contribution in [0.2, 0.25) is 0 Å². The average Bonchev–Trinajstić information content (AvgIpc) is 3.52. The summed E-state index contributed by atoms with van der Waals surface area (Å²) in [6, 6.07) is 15.5. The number of nitrogens with zero attached hydrogens (tertiary/aromatic N) is 4. The van der Waals surface area contributed by atoms with E-state index in [0.29, 0.717) is 29.8 Å². The second-order valence-electron chi connectivity index (χ2n) is 8.11. The Morgan fingerprint density at radius 3 is 2.88 bits per heavy atom. The van der Waals surface area contributed by atoms with Crippen molar-refractivity contribution in [1.29, 1.82) is 0 Å². The Morgan fingerprint density at radius 1 is 1.12 bits per heavy atom. The SMILES string of the molecule is Fc1cccc(C2OCC(=Nc3ccnc(Nc4cccc(OCCN5CCCC5)c4)n3)O2)c1. The maximum atomic E-state index is 13.5. The van der Waals surface area contributed by atoms with Gasteiger partial charge in [0.25, 0.3) is 0 Å². The number of likely N-dealkylation sites (tertiary alicyclic amines) is 1. The minimum atomic E-state index is -0.693. The normalized spacial score (nSPS) is 19.3. The van der Waals surface area contributed by atoms with Crippen LogP contribution in [0.4, 0.5) is 21.8 Å². The zero-order valence-corrected chi connectivity index (χ0v) is 18.7. The molecule has 9 heteroatoms. The summed E-state index contributed by atoms with van der Waals surface area (Å²) in [6.45, 7) is 4.09. The van der Waals surface area contributed by atoms with Crippen LogP contribution in [0.5, 0.6) is 5.75 Å². The lowest BCUT2D eigenvalue weighted by Crippen LogP contribution is -2.25. The second-order valence-corrected chi connectivity index (χ2v) is 8.11. The minimum absolute atomic E-state index is 0.171. The highest BCUT2D eigenvalue weighted by Gasteiger charge is 2.25. The van der Waals surface area contributed by atoms with E-state index < -0.39 is 6.29 Å². The summed E-state index contributed by atoms with van der Waals surface area (Å²) in [5, 5.41) is 3.19. The van der Waals surface area contributed by atoms with Crippen molar-refractivity contribution in [3.05, 3.63) is 72.2 Å². The third-order valence-corrected chi connectivity index (χ3v) is 5.57. The first-order valence-electron chi connectivity index (χ1n) is 11.4. The topological polar surface area (TPSA) is 81.1 Å². The van der Waals surface area contributed by atoms with Gasteiger partial charge < -0.3 is 19.5 Å². The van der Waals surface area contributed by atoms with Crippen LogP contribution < -0.4 is 10.1 Å². The summed E-state index contributed by atoms with van der Waals surface area (Å²) in [7, 11) is 0. The molecule has 5 rings (SSSR count). The number of anilines is 2. The highest BCUT2D eigenvalue weighted by molar-refractivity contribution is 5.81. The number of hydrogen-bond donors (Lipinski definition) is 1. The summed E-state index contributed by atoms with van der Waals surface area (Å²) in [5.74, 6) is 1.64. The first-order chi connectivity index (χ1) is 16.7. The van der Waals surface area contributed by atoms with Gasteiger partial charge in [-0.25, -0.2) is 9.37 Å². The van der Waals surface area contributed by atoms with Gasteiger partial charge in [-0.05, 0) is 50.2 Å². The van der Waals surface area contributed by atoms with Crippen LogP contribution in [0.25, 0.3) is 0 Å². The lowest BCUT2D eigenvalue weighted by atomic mass is 10.2.